The summed E-state index contributed by atoms with van der Waals surface area (Å²) in [6.45, 7) is 7.31. The molecule has 4 rings (SSSR count). The molecule has 2 aromatic rings. The van der Waals surface area contributed by atoms with Crippen LogP contribution in [-0.4, -0.2) is 42.6 Å². The number of carbonyl (C=O) groups excluding carboxylic acids is 1. The Kier molecular flexibility index (Phi) is 4.32. The van der Waals surface area contributed by atoms with Gasteiger partial charge in [0.25, 0.3) is 0 Å². The molecule has 6 heteroatoms. The van der Waals surface area contributed by atoms with Gasteiger partial charge >= 0.3 is 5.63 Å². The molecule has 0 aliphatic carbocycles. The number of hydrogen-bond acceptors (Lipinski definition) is 5. The Bertz CT molecular complexity index is 898. The third-order valence-electron chi connectivity index (χ3n) is 5.72. The lowest BCUT2D eigenvalue weighted by Gasteiger charge is -2.43. The molecule has 1 aromatic heterocycles. The third kappa shape index (κ3) is 3.27. The first-order chi connectivity index (χ1) is 12.4. The van der Waals surface area contributed by atoms with Crippen molar-refractivity contribution in [2.75, 3.05) is 26.2 Å². The molecule has 1 aromatic carbocycles. The Morgan fingerprint density at radius 1 is 1.12 bits per heavy atom. The van der Waals surface area contributed by atoms with Gasteiger partial charge in [-0.15, -0.1) is 0 Å². The van der Waals surface area contributed by atoms with E-state index in [0.717, 1.165) is 42.4 Å². The van der Waals surface area contributed by atoms with E-state index in [0.29, 0.717) is 18.7 Å². The highest BCUT2D eigenvalue weighted by Gasteiger charge is 2.38. The van der Waals surface area contributed by atoms with Gasteiger partial charge in [0, 0.05) is 37.6 Å². The van der Waals surface area contributed by atoms with Crippen LogP contribution in [0.5, 0.6) is 0 Å². The number of carbonyl (C=O) groups is 1. The van der Waals surface area contributed by atoms with E-state index in [2.05, 4.69) is 23.2 Å². The molecule has 0 radical (unpaired) electrons. The first-order valence-corrected chi connectivity index (χ1v) is 9.11. The number of ether oxygens (including phenoxy) is 1. The Balaban J connectivity index is 1.52. The van der Waals surface area contributed by atoms with Gasteiger partial charge in [0.2, 0.25) is 5.91 Å². The maximum atomic E-state index is 12.0. The molecule has 2 aliphatic heterocycles. The van der Waals surface area contributed by atoms with Crippen LogP contribution in [0.3, 0.4) is 0 Å². The molecule has 2 saturated heterocycles. The van der Waals surface area contributed by atoms with Crippen LogP contribution in [-0.2, 0) is 16.1 Å². The predicted molar refractivity (Wildman–Crippen MR) is 98.2 cm³/mol. The van der Waals surface area contributed by atoms with Crippen LogP contribution in [0.2, 0.25) is 0 Å². The molecule has 1 amide bonds. The molecule has 1 spiro atoms. The van der Waals surface area contributed by atoms with Crippen LogP contribution in [0.4, 0.5) is 0 Å². The number of likely N-dealkylation sites (tertiary alicyclic amines) is 1. The number of rotatable bonds is 2. The summed E-state index contributed by atoms with van der Waals surface area (Å²) >= 11 is 0. The van der Waals surface area contributed by atoms with Crippen molar-refractivity contribution in [3.8, 4) is 0 Å². The van der Waals surface area contributed by atoms with Gasteiger partial charge in [0.05, 0.1) is 5.60 Å². The number of piperidine rings is 1. The number of morpholine rings is 1. The normalized spacial score (nSPS) is 20.5. The highest BCUT2D eigenvalue weighted by molar-refractivity contribution is 5.81. The van der Waals surface area contributed by atoms with Gasteiger partial charge in [-0.1, -0.05) is 0 Å². The molecule has 0 atom stereocenters. The molecular formula is C20H24N2O4. The van der Waals surface area contributed by atoms with Crippen LogP contribution < -0.4 is 10.9 Å². The van der Waals surface area contributed by atoms with E-state index in [1.54, 1.807) is 6.07 Å². The molecule has 0 unspecified atom stereocenters. The SMILES string of the molecule is Cc1cc2oc(=O)cc(CN3CCC4(CC3)CNC(=O)CO4)c2cc1C. The standard InChI is InChI=1S/C20H24N2O4/c1-13-7-16-15(9-19(24)26-17(16)8-14(13)2)10-22-5-3-20(4-6-22)12-21-18(23)11-25-20/h7-9H,3-6,10-12H2,1-2H3,(H,21,23). The number of benzene rings is 1. The van der Waals surface area contributed by atoms with E-state index in [9.17, 15) is 9.59 Å². The molecule has 3 heterocycles. The summed E-state index contributed by atoms with van der Waals surface area (Å²) in [5, 5.41) is 3.92. The van der Waals surface area contributed by atoms with Crippen molar-refractivity contribution in [2.45, 2.75) is 38.8 Å². The minimum absolute atomic E-state index is 0.0359. The average molecular weight is 356 g/mol. The van der Waals surface area contributed by atoms with Crippen LogP contribution in [0.15, 0.2) is 27.4 Å². The minimum atomic E-state index is -0.303. The van der Waals surface area contributed by atoms with Crippen LogP contribution in [0.25, 0.3) is 11.0 Å². The van der Waals surface area contributed by atoms with Crippen molar-refractivity contribution < 1.29 is 13.9 Å². The lowest BCUT2D eigenvalue weighted by Crippen LogP contribution is -2.57. The molecule has 138 valence electrons. The summed E-state index contributed by atoms with van der Waals surface area (Å²) in [6, 6.07) is 5.66. The van der Waals surface area contributed by atoms with Crippen molar-refractivity contribution in [2.24, 2.45) is 0 Å². The number of nitrogens with one attached hydrogen (secondary N) is 1. The summed E-state index contributed by atoms with van der Waals surface area (Å²) < 4.78 is 11.2. The number of amides is 1. The van der Waals surface area contributed by atoms with E-state index in [4.69, 9.17) is 9.15 Å². The van der Waals surface area contributed by atoms with Crippen molar-refractivity contribution in [3.05, 3.63) is 45.3 Å². The summed E-state index contributed by atoms with van der Waals surface area (Å²) in [6.07, 6.45) is 1.76. The highest BCUT2D eigenvalue weighted by Crippen LogP contribution is 2.29. The molecule has 0 saturated carbocycles. The Hall–Kier alpha value is -2.18. The lowest BCUT2D eigenvalue weighted by atomic mass is 9.89. The van der Waals surface area contributed by atoms with Gasteiger partial charge < -0.3 is 14.5 Å². The minimum Gasteiger partial charge on any atom is -0.423 e. The molecule has 6 nitrogen and oxygen atoms in total. The van der Waals surface area contributed by atoms with Crippen LogP contribution in [0, 0.1) is 13.8 Å². The van der Waals surface area contributed by atoms with Gasteiger partial charge in [-0.25, -0.2) is 4.79 Å². The predicted octanol–water partition coefficient (Wildman–Crippen LogP) is 1.89. The molecular weight excluding hydrogens is 332 g/mol. The first kappa shape index (κ1) is 17.2. The monoisotopic (exact) mass is 356 g/mol. The van der Waals surface area contributed by atoms with E-state index < -0.39 is 0 Å². The molecule has 0 bridgehead atoms. The van der Waals surface area contributed by atoms with E-state index >= 15 is 0 Å². The molecule has 26 heavy (non-hydrogen) atoms. The zero-order chi connectivity index (χ0) is 18.3. The second-order valence-corrected chi connectivity index (χ2v) is 7.55. The fourth-order valence-corrected chi connectivity index (χ4v) is 3.87. The van der Waals surface area contributed by atoms with Crippen molar-refractivity contribution >= 4 is 16.9 Å². The summed E-state index contributed by atoms with van der Waals surface area (Å²) in [5.74, 6) is -0.0359. The maximum absolute atomic E-state index is 12.0. The van der Waals surface area contributed by atoms with Crippen molar-refractivity contribution in [1.29, 1.82) is 0 Å². The number of aryl methyl sites for hydroxylation is 2. The fraction of sp³-hybridized carbons (Fsp3) is 0.500. The van der Waals surface area contributed by atoms with Crippen LogP contribution in [0.1, 0.15) is 29.5 Å². The summed E-state index contributed by atoms with van der Waals surface area (Å²) in [4.78, 5) is 25.6. The van der Waals surface area contributed by atoms with Gasteiger partial charge in [0.1, 0.15) is 12.2 Å². The Morgan fingerprint density at radius 3 is 2.54 bits per heavy atom. The number of hydrogen-bond donors (Lipinski definition) is 1. The topological polar surface area (TPSA) is 71.8 Å². The smallest absolute Gasteiger partial charge is 0.336 e. The van der Waals surface area contributed by atoms with Gasteiger partial charge in [-0.05, 0) is 55.5 Å². The lowest BCUT2D eigenvalue weighted by molar-refractivity contribution is -0.150. The third-order valence-corrected chi connectivity index (χ3v) is 5.72. The fourth-order valence-electron chi connectivity index (χ4n) is 3.87. The van der Waals surface area contributed by atoms with E-state index in [-0.39, 0.29) is 23.7 Å². The van der Waals surface area contributed by atoms with Crippen molar-refractivity contribution in [1.82, 2.24) is 10.2 Å². The van der Waals surface area contributed by atoms with Gasteiger partial charge in [0.15, 0.2) is 0 Å². The average Bonchev–Trinajstić information content (AvgIpc) is 2.61. The maximum Gasteiger partial charge on any atom is 0.336 e. The highest BCUT2D eigenvalue weighted by atomic mass is 16.5. The zero-order valence-electron chi connectivity index (χ0n) is 15.3. The molecule has 2 fully saturated rings. The van der Waals surface area contributed by atoms with Crippen LogP contribution >= 0.6 is 0 Å². The Morgan fingerprint density at radius 2 is 1.85 bits per heavy atom. The summed E-state index contributed by atoms with van der Waals surface area (Å²) in [5.41, 5.74) is 3.44. The second kappa shape index (κ2) is 6.52. The molecule has 1 N–H and O–H groups in total. The molecule has 2 aliphatic rings. The Labute approximate surface area is 152 Å². The van der Waals surface area contributed by atoms with Gasteiger partial charge in [-0.2, -0.15) is 0 Å². The van der Waals surface area contributed by atoms with Crippen molar-refractivity contribution in [3.63, 3.8) is 0 Å². The first-order valence-electron chi connectivity index (χ1n) is 9.11. The number of fused-ring (bicyclic) bond motifs is 1. The quantitative estimate of drug-likeness (QED) is 0.832. The van der Waals surface area contributed by atoms with E-state index in [1.165, 1.54) is 5.56 Å². The zero-order valence-corrected chi connectivity index (χ0v) is 15.3. The largest absolute Gasteiger partial charge is 0.423 e. The number of nitrogens with zero attached hydrogens (tertiary/aromatic N) is 1. The van der Waals surface area contributed by atoms with E-state index in [1.807, 2.05) is 13.0 Å². The summed E-state index contributed by atoms with van der Waals surface area (Å²) in [7, 11) is 0. The van der Waals surface area contributed by atoms with Gasteiger partial charge in [-0.3, -0.25) is 9.69 Å². The second-order valence-electron chi connectivity index (χ2n) is 7.55.